The number of halogens is 1. The lowest BCUT2D eigenvalue weighted by atomic mass is 9.85. The van der Waals surface area contributed by atoms with Gasteiger partial charge in [-0.15, -0.1) is 0 Å². The third kappa shape index (κ3) is 3.50. The van der Waals surface area contributed by atoms with Crippen LogP contribution < -0.4 is 4.74 Å². The number of hydrogen-bond acceptors (Lipinski definition) is 3. The molecule has 2 atom stereocenters. The van der Waals surface area contributed by atoms with E-state index in [1.54, 1.807) is 6.07 Å². The van der Waals surface area contributed by atoms with Crippen LogP contribution in [0.25, 0.3) is 0 Å². The molecule has 3 nitrogen and oxygen atoms in total. The average molecular weight is 280 g/mol. The number of methoxy groups -OCH3 is 1. The minimum atomic E-state index is -0.600. The summed E-state index contributed by atoms with van der Waals surface area (Å²) in [6.45, 7) is 2.15. The maximum Gasteiger partial charge on any atom is 0.341 e. The second kappa shape index (κ2) is 6.73. The number of rotatable bonds is 4. The van der Waals surface area contributed by atoms with Crippen molar-refractivity contribution in [3.8, 4) is 5.75 Å². The lowest BCUT2D eigenvalue weighted by molar-refractivity contribution is 0.0135. The van der Waals surface area contributed by atoms with E-state index in [4.69, 9.17) is 9.47 Å². The van der Waals surface area contributed by atoms with Crippen molar-refractivity contribution in [1.82, 2.24) is 0 Å². The number of hydrogen-bond donors (Lipinski definition) is 0. The van der Waals surface area contributed by atoms with Crippen molar-refractivity contribution >= 4 is 5.97 Å². The Morgan fingerprint density at radius 2 is 2.20 bits per heavy atom. The zero-order valence-corrected chi connectivity index (χ0v) is 12.0. The van der Waals surface area contributed by atoms with E-state index in [1.165, 1.54) is 25.7 Å². The third-order valence-corrected chi connectivity index (χ3v) is 3.98. The molecule has 2 rings (SSSR count). The Kier molecular flexibility index (Phi) is 4.99. The summed E-state index contributed by atoms with van der Waals surface area (Å²) in [5.74, 6) is -0.172. The van der Waals surface area contributed by atoms with Gasteiger partial charge in [-0.05, 0) is 37.3 Å². The van der Waals surface area contributed by atoms with Crippen LogP contribution in [0.4, 0.5) is 4.39 Å². The highest BCUT2D eigenvalue weighted by atomic mass is 19.1. The molecule has 2 unspecified atom stereocenters. The first-order valence-corrected chi connectivity index (χ1v) is 7.18. The summed E-state index contributed by atoms with van der Waals surface area (Å²) in [7, 11) is 1.46. The first-order valence-electron chi connectivity index (χ1n) is 7.18. The van der Waals surface area contributed by atoms with Crippen molar-refractivity contribution in [1.29, 1.82) is 0 Å². The van der Waals surface area contributed by atoms with Crippen molar-refractivity contribution in [3.63, 3.8) is 0 Å². The molecule has 1 aromatic carbocycles. The molecule has 1 fully saturated rings. The molecule has 0 radical (unpaired) electrons. The van der Waals surface area contributed by atoms with Crippen LogP contribution in [0.3, 0.4) is 0 Å². The molecule has 0 bridgehead atoms. The number of carbonyl (C=O) groups excluding carboxylic acids is 1. The molecule has 0 spiro atoms. The molecule has 0 heterocycles. The van der Waals surface area contributed by atoms with Crippen LogP contribution in [0.15, 0.2) is 18.2 Å². The SMILES string of the molecule is CCC1CCCC(OC(=O)c2ccc(OC)cc2F)C1. The van der Waals surface area contributed by atoms with E-state index < -0.39 is 11.8 Å². The van der Waals surface area contributed by atoms with Crippen LogP contribution in [0.5, 0.6) is 5.75 Å². The molecular formula is C16H21FO3. The highest BCUT2D eigenvalue weighted by molar-refractivity contribution is 5.90. The minimum Gasteiger partial charge on any atom is -0.497 e. The Hall–Kier alpha value is -1.58. The molecule has 1 aliphatic rings. The van der Waals surface area contributed by atoms with E-state index in [2.05, 4.69) is 6.92 Å². The van der Waals surface area contributed by atoms with E-state index in [1.807, 2.05) is 0 Å². The van der Waals surface area contributed by atoms with Gasteiger partial charge in [0.15, 0.2) is 0 Å². The topological polar surface area (TPSA) is 35.5 Å². The first kappa shape index (κ1) is 14.8. The van der Waals surface area contributed by atoms with Crippen molar-refractivity contribution in [2.75, 3.05) is 7.11 Å². The Morgan fingerprint density at radius 1 is 1.40 bits per heavy atom. The minimum absolute atomic E-state index is 0.0237. The summed E-state index contributed by atoms with van der Waals surface area (Å²) in [5, 5.41) is 0. The summed E-state index contributed by atoms with van der Waals surface area (Å²) >= 11 is 0. The van der Waals surface area contributed by atoms with Gasteiger partial charge in [0, 0.05) is 6.07 Å². The first-order chi connectivity index (χ1) is 9.63. The molecule has 0 saturated heterocycles. The van der Waals surface area contributed by atoms with E-state index >= 15 is 0 Å². The predicted molar refractivity (Wildman–Crippen MR) is 74.4 cm³/mol. The molecule has 1 aliphatic carbocycles. The second-order valence-corrected chi connectivity index (χ2v) is 5.31. The van der Waals surface area contributed by atoms with Gasteiger partial charge >= 0.3 is 5.97 Å². The fourth-order valence-electron chi connectivity index (χ4n) is 2.72. The number of esters is 1. The van der Waals surface area contributed by atoms with Crippen molar-refractivity contribution < 1.29 is 18.7 Å². The lowest BCUT2D eigenvalue weighted by Crippen LogP contribution is -2.25. The zero-order valence-electron chi connectivity index (χ0n) is 12.0. The standard InChI is InChI=1S/C16H21FO3/c1-3-11-5-4-6-13(9-11)20-16(18)14-8-7-12(19-2)10-15(14)17/h7-8,10-11,13H,3-6,9H2,1-2H3. The lowest BCUT2D eigenvalue weighted by Gasteiger charge is -2.28. The van der Waals surface area contributed by atoms with Crippen molar-refractivity contribution in [2.45, 2.75) is 45.1 Å². The van der Waals surface area contributed by atoms with Gasteiger partial charge in [-0.1, -0.05) is 19.8 Å². The average Bonchev–Trinajstić information content (AvgIpc) is 2.47. The van der Waals surface area contributed by atoms with Crippen molar-refractivity contribution in [3.05, 3.63) is 29.6 Å². The summed E-state index contributed by atoms with van der Waals surface area (Å²) < 4.78 is 24.2. The van der Waals surface area contributed by atoms with Gasteiger partial charge in [-0.2, -0.15) is 0 Å². The van der Waals surface area contributed by atoms with Crippen LogP contribution in [-0.2, 0) is 4.74 Å². The Bertz CT molecular complexity index is 473. The second-order valence-electron chi connectivity index (χ2n) is 5.31. The summed E-state index contributed by atoms with van der Waals surface area (Å²) in [6.07, 6.45) is 5.05. The van der Waals surface area contributed by atoms with E-state index in [9.17, 15) is 9.18 Å². The summed E-state index contributed by atoms with van der Waals surface area (Å²) in [4.78, 5) is 12.0. The number of carbonyl (C=O) groups is 1. The van der Waals surface area contributed by atoms with E-state index in [0.717, 1.165) is 25.7 Å². The molecule has 1 saturated carbocycles. The van der Waals surface area contributed by atoms with Gasteiger partial charge in [0.25, 0.3) is 0 Å². The fraction of sp³-hybridized carbons (Fsp3) is 0.562. The van der Waals surface area contributed by atoms with Gasteiger partial charge in [-0.25, -0.2) is 9.18 Å². The van der Waals surface area contributed by atoms with Gasteiger partial charge < -0.3 is 9.47 Å². The Balaban J connectivity index is 2.01. The quantitative estimate of drug-likeness (QED) is 0.783. The smallest absolute Gasteiger partial charge is 0.341 e. The van der Waals surface area contributed by atoms with Crippen molar-refractivity contribution in [2.24, 2.45) is 5.92 Å². The number of benzene rings is 1. The van der Waals surface area contributed by atoms with E-state index in [-0.39, 0.29) is 11.7 Å². The summed E-state index contributed by atoms with van der Waals surface area (Å²) in [6, 6.07) is 4.18. The third-order valence-electron chi connectivity index (χ3n) is 3.98. The number of ether oxygens (including phenoxy) is 2. The monoisotopic (exact) mass is 280 g/mol. The predicted octanol–water partition coefficient (Wildman–Crippen LogP) is 3.96. The molecule has 20 heavy (non-hydrogen) atoms. The summed E-state index contributed by atoms with van der Waals surface area (Å²) in [5.41, 5.74) is -0.0237. The zero-order chi connectivity index (χ0) is 14.5. The molecular weight excluding hydrogens is 259 g/mol. The van der Waals surface area contributed by atoms with Gasteiger partial charge in [0.2, 0.25) is 0 Å². The van der Waals surface area contributed by atoms with Gasteiger partial charge in [-0.3, -0.25) is 0 Å². The van der Waals surface area contributed by atoms with Crippen LogP contribution in [0, 0.1) is 11.7 Å². The molecule has 4 heteroatoms. The van der Waals surface area contributed by atoms with Crippen LogP contribution in [0.1, 0.15) is 49.4 Å². The molecule has 0 amide bonds. The molecule has 110 valence electrons. The van der Waals surface area contributed by atoms with Crippen LogP contribution in [-0.4, -0.2) is 19.2 Å². The van der Waals surface area contributed by atoms with Gasteiger partial charge in [0.05, 0.1) is 12.7 Å². The normalized spacial score (nSPS) is 22.4. The highest BCUT2D eigenvalue weighted by Crippen LogP contribution is 2.29. The van der Waals surface area contributed by atoms with Crippen LogP contribution >= 0.6 is 0 Å². The Labute approximate surface area is 119 Å². The highest BCUT2D eigenvalue weighted by Gasteiger charge is 2.25. The van der Waals surface area contributed by atoms with E-state index in [0.29, 0.717) is 11.7 Å². The Morgan fingerprint density at radius 3 is 2.85 bits per heavy atom. The maximum absolute atomic E-state index is 13.8. The molecule has 0 aliphatic heterocycles. The molecule has 0 N–H and O–H groups in total. The largest absolute Gasteiger partial charge is 0.497 e. The van der Waals surface area contributed by atoms with Crippen LogP contribution in [0.2, 0.25) is 0 Å². The molecule has 1 aromatic rings. The maximum atomic E-state index is 13.8. The molecule has 0 aromatic heterocycles. The fourth-order valence-corrected chi connectivity index (χ4v) is 2.72. The van der Waals surface area contributed by atoms with Gasteiger partial charge in [0.1, 0.15) is 17.7 Å².